The molecule has 4 N–H and O–H groups in total. The fraction of sp³-hybridized carbons (Fsp3) is 0.300. The zero-order valence-electron chi connectivity index (χ0n) is 8.30. The Morgan fingerprint density at radius 2 is 2.31 bits per heavy atom. The molecule has 0 saturated carbocycles. The largest absolute Gasteiger partial charge is 0.493 e. The van der Waals surface area contributed by atoms with Crippen LogP contribution in [0.5, 0.6) is 5.75 Å². The molecule has 16 heavy (non-hydrogen) atoms. The van der Waals surface area contributed by atoms with Crippen LogP contribution >= 0.6 is 15.9 Å². The van der Waals surface area contributed by atoms with Crippen LogP contribution in [0.1, 0.15) is 27.2 Å². The minimum absolute atomic E-state index is 0.0437. The maximum Gasteiger partial charge on any atom is 0.251 e. The number of halogens is 2. The third kappa shape index (κ3) is 1.63. The minimum atomic E-state index is -0.764. The molecule has 1 aliphatic rings. The Morgan fingerprint density at radius 1 is 1.62 bits per heavy atom. The molecule has 2 rings (SSSR count). The van der Waals surface area contributed by atoms with Crippen molar-refractivity contribution in [3.05, 3.63) is 23.0 Å². The SMILES string of the molecule is NC(=O)c1cc2c(c(F)c1N)C(Br)CCO2. The molecule has 1 heterocycles. The van der Waals surface area contributed by atoms with Crippen molar-refractivity contribution in [1.29, 1.82) is 0 Å². The van der Waals surface area contributed by atoms with E-state index >= 15 is 0 Å². The van der Waals surface area contributed by atoms with Gasteiger partial charge in [-0.3, -0.25) is 4.79 Å². The van der Waals surface area contributed by atoms with Crippen LogP contribution < -0.4 is 16.2 Å². The number of nitrogens with two attached hydrogens (primary N) is 2. The summed E-state index contributed by atoms with van der Waals surface area (Å²) in [5.41, 5.74) is 10.7. The fourth-order valence-corrected chi connectivity index (χ4v) is 2.30. The molecule has 6 heteroatoms. The van der Waals surface area contributed by atoms with Gasteiger partial charge in [0.15, 0.2) is 5.82 Å². The highest BCUT2D eigenvalue weighted by molar-refractivity contribution is 9.09. The summed E-state index contributed by atoms with van der Waals surface area (Å²) in [5.74, 6) is -1.07. The molecule has 1 aliphatic heterocycles. The van der Waals surface area contributed by atoms with Crippen molar-refractivity contribution in [2.24, 2.45) is 5.73 Å². The number of carbonyl (C=O) groups is 1. The zero-order chi connectivity index (χ0) is 11.9. The maximum atomic E-state index is 13.9. The Balaban J connectivity index is 2.66. The lowest BCUT2D eigenvalue weighted by Crippen LogP contribution is -2.19. The molecule has 1 amide bonds. The van der Waals surface area contributed by atoms with Gasteiger partial charge in [0.25, 0.3) is 5.91 Å². The van der Waals surface area contributed by atoms with Gasteiger partial charge in [-0.15, -0.1) is 0 Å². The van der Waals surface area contributed by atoms with Gasteiger partial charge >= 0.3 is 0 Å². The Bertz CT molecular complexity index is 465. The smallest absolute Gasteiger partial charge is 0.251 e. The number of amides is 1. The van der Waals surface area contributed by atoms with Crippen molar-refractivity contribution in [1.82, 2.24) is 0 Å². The first-order chi connectivity index (χ1) is 7.52. The summed E-state index contributed by atoms with van der Waals surface area (Å²) in [5, 5.41) is 0. The Labute approximate surface area is 99.9 Å². The van der Waals surface area contributed by atoms with Gasteiger partial charge in [-0.25, -0.2) is 4.39 Å². The van der Waals surface area contributed by atoms with Crippen molar-refractivity contribution < 1.29 is 13.9 Å². The first-order valence-electron chi connectivity index (χ1n) is 4.71. The highest BCUT2D eigenvalue weighted by atomic mass is 79.9. The lowest BCUT2D eigenvalue weighted by Gasteiger charge is -2.23. The van der Waals surface area contributed by atoms with Crippen LogP contribution in [0.15, 0.2) is 6.07 Å². The van der Waals surface area contributed by atoms with E-state index in [0.717, 1.165) is 0 Å². The van der Waals surface area contributed by atoms with Crippen molar-refractivity contribution in [3.8, 4) is 5.75 Å². The quantitative estimate of drug-likeness (QED) is 0.610. The van der Waals surface area contributed by atoms with Crippen molar-refractivity contribution in [3.63, 3.8) is 0 Å². The van der Waals surface area contributed by atoms with E-state index in [4.69, 9.17) is 16.2 Å². The molecule has 0 spiro atoms. The lowest BCUT2D eigenvalue weighted by molar-refractivity contribution is 0.1000. The average molecular weight is 289 g/mol. The number of ether oxygens (including phenoxy) is 1. The molecule has 0 bridgehead atoms. The third-order valence-electron chi connectivity index (χ3n) is 2.51. The number of nitrogen functional groups attached to an aromatic ring is 1. The summed E-state index contributed by atoms with van der Waals surface area (Å²) in [6.07, 6.45) is 0.652. The predicted molar refractivity (Wildman–Crippen MR) is 61.1 cm³/mol. The number of benzene rings is 1. The number of fused-ring (bicyclic) bond motifs is 1. The third-order valence-corrected chi connectivity index (χ3v) is 3.43. The minimum Gasteiger partial charge on any atom is -0.493 e. The number of alkyl halides is 1. The van der Waals surface area contributed by atoms with Crippen LogP contribution in [0.25, 0.3) is 0 Å². The van der Waals surface area contributed by atoms with Gasteiger partial charge in [0.2, 0.25) is 0 Å². The molecule has 0 aliphatic carbocycles. The normalized spacial score (nSPS) is 18.8. The molecular formula is C10H10BrFN2O2. The summed E-state index contributed by atoms with van der Waals surface area (Å²) >= 11 is 3.34. The monoisotopic (exact) mass is 288 g/mol. The molecule has 0 aromatic heterocycles. The molecule has 1 aromatic carbocycles. The maximum absolute atomic E-state index is 13.9. The van der Waals surface area contributed by atoms with Gasteiger partial charge < -0.3 is 16.2 Å². The Morgan fingerprint density at radius 3 is 2.94 bits per heavy atom. The average Bonchev–Trinajstić information content (AvgIpc) is 2.22. The zero-order valence-corrected chi connectivity index (χ0v) is 9.88. The van der Waals surface area contributed by atoms with Crippen molar-refractivity contribution in [2.75, 3.05) is 12.3 Å². The van der Waals surface area contributed by atoms with Gasteiger partial charge in [-0.05, 0) is 12.5 Å². The molecule has 1 atom stereocenters. The summed E-state index contributed by atoms with van der Waals surface area (Å²) < 4.78 is 19.2. The lowest BCUT2D eigenvalue weighted by atomic mass is 10.0. The van der Waals surface area contributed by atoms with E-state index < -0.39 is 11.7 Å². The van der Waals surface area contributed by atoms with E-state index in [2.05, 4.69) is 15.9 Å². The number of hydrogen-bond acceptors (Lipinski definition) is 3. The molecule has 1 aromatic rings. The summed E-state index contributed by atoms with van der Waals surface area (Å²) in [7, 11) is 0. The van der Waals surface area contributed by atoms with Crippen molar-refractivity contribution in [2.45, 2.75) is 11.2 Å². The van der Waals surface area contributed by atoms with Gasteiger partial charge in [0.05, 0.1) is 17.9 Å². The van der Waals surface area contributed by atoms with Crippen LogP contribution in [0.3, 0.4) is 0 Å². The molecule has 4 nitrogen and oxygen atoms in total. The highest BCUT2D eigenvalue weighted by Crippen LogP contribution is 2.42. The van der Waals surface area contributed by atoms with Crippen molar-refractivity contribution >= 4 is 27.5 Å². The second-order valence-corrected chi connectivity index (χ2v) is 4.64. The van der Waals surface area contributed by atoms with E-state index in [9.17, 15) is 9.18 Å². The van der Waals surface area contributed by atoms with Gasteiger partial charge in [-0.2, -0.15) is 0 Å². The molecule has 0 saturated heterocycles. The first kappa shape index (κ1) is 11.2. The van der Waals surface area contributed by atoms with E-state index in [1.54, 1.807) is 0 Å². The Hall–Kier alpha value is -1.30. The molecular weight excluding hydrogens is 279 g/mol. The molecule has 1 unspecified atom stereocenters. The molecule has 0 fully saturated rings. The van der Waals surface area contributed by atoms with Crippen LogP contribution in [-0.4, -0.2) is 12.5 Å². The first-order valence-corrected chi connectivity index (χ1v) is 5.62. The standard InChI is InChI=1S/C10H10BrFN2O2/c11-5-1-2-16-6-3-4(10(14)15)9(13)8(12)7(5)6/h3,5H,1-2,13H2,(H2,14,15). The van der Waals surface area contributed by atoms with Crippen LogP contribution in [0.4, 0.5) is 10.1 Å². The number of carbonyl (C=O) groups excluding carboxylic acids is 1. The predicted octanol–water partition coefficient (Wildman–Crippen LogP) is 1.73. The topological polar surface area (TPSA) is 78.3 Å². The highest BCUT2D eigenvalue weighted by Gasteiger charge is 2.27. The molecule has 86 valence electrons. The fourth-order valence-electron chi connectivity index (χ4n) is 1.69. The van der Waals surface area contributed by atoms with Crippen LogP contribution in [0, 0.1) is 5.82 Å². The van der Waals surface area contributed by atoms with Crippen LogP contribution in [-0.2, 0) is 0 Å². The van der Waals surface area contributed by atoms with E-state index in [1.807, 2.05) is 0 Å². The van der Waals surface area contributed by atoms with E-state index in [1.165, 1.54) is 6.07 Å². The second-order valence-electron chi connectivity index (χ2n) is 3.53. The number of hydrogen-bond donors (Lipinski definition) is 2. The van der Waals surface area contributed by atoms with E-state index in [0.29, 0.717) is 24.3 Å². The summed E-state index contributed by atoms with van der Waals surface area (Å²) in [4.78, 5) is 10.9. The molecule has 0 radical (unpaired) electrons. The number of anilines is 1. The number of rotatable bonds is 1. The van der Waals surface area contributed by atoms with Crippen LogP contribution in [0.2, 0.25) is 0 Å². The van der Waals surface area contributed by atoms with Gasteiger partial charge in [-0.1, -0.05) is 15.9 Å². The Kier molecular flexibility index (Phi) is 2.75. The van der Waals surface area contributed by atoms with E-state index in [-0.39, 0.29) is 16.1 Å². The summed E-state index contributed by atoms with van der Waals surface area (Å²) in [6.45, 7) is 0.463. The van der Waals surface area contributed by atoms with Gasteiger partial charge in [0.1, 0.15) is 5.75 Å². The van der Waals surface area contributed by atoms with Gasteiger partial charge in [0, 0.05) is 10.4 Å². The second kappa shape index (κ2) is 3.93. The number of primary amides is 1. The summed E-state index contributed by atoms with van der Waals surface area (Å²) in [6, 6.07) is 1.39.